The van der Waals surface area contributed by atoms with Gasteiger partial charge in [0.1, 0.15) is 5.52 Å². The molecule has 17 heavy (non-hydrogen) atoms. The normalized spacial score (nSPS) is 24.6. The first-order valence-electron chi connectivity index (χ1n) is 5.48. The van der Waals surface area contributed by atoms with Gasteiger partial charge in [-0.2, -0.15) is 0 Å². The van der Waals surface area contributed by atoms with E-state index in [0.717, 1.165) is 28.7 Å². The van der Waals surface area contributed by atoms with Crippen LogP contribution in [-0.2, 0) is 10.3 Å². The number of ether oxygens (including phenoxy) is 1. The van der Waals surface area contributed by atoms with Crippen molar-refractivity contribution < 1.29 is 4.74 Å². The van der Waals surface area contributed by atoms with Crippen LogP contribution < -0.4 is 5.73 Å². The summed E-state index contributed by atoms with van der Waals surface area (Å²) >= 11 is 3.39. The maximum absolute atomic E-state index is 6.01. The minimum absolute atomic E-state index is 0.139. The van der Waals surface area contributed by atoms with Gasteiger partial charge >= 0.3 is 0 Å². The minimum Gasteiger partial charge on any atom is -0.379 e. The molecule has 3 rings (SSSR count). The van der Waals surface area contributed by atoms with E-state index in [2.05, 4.69) is 32.8 Å². The highest BCUT2D eigenvalue weighted by Gasteiger charge is 2.35. The average Bonchev–Trinajstić information content (AvgIpc) is 2.81. The summed E-state index contributed by atoms with van der Waals surface area (Å²) in [6.07, 6.45) is 2.69. The second kappa shape index (κ2) is 3.68. The van der Waals surface area contributed by atoms with Crippen molar-refractivity contribution in [2.24, 2.45) is 0 Å². The molecule has 1 unspecified atom stereocenters. The highest BCUT2D eigenvalue weighted by molar-refractivity contribution is 9.10. The second-order valence-electron chi connectivity index (χ2n) is 4.60. The fraction of sp³-hybridized carbons (Fsp3) is 0.455. The van der Waals surface area contributed by atoms with Crippen LogP contribution in [0.25, 0.3) is 11.2 Å². The van der Waals surface area contributed by atoms with Crippen molar-refractivity contribution in [2.75, 3.05) is 18.9 Å². The largest absolute Gasteiger partial charge is 0.379 e. The highest BCUT2D eigenvalue weighted by atomic mass is 79.9. The van der Waals surface area contributed by atoms with Gasteiger partial charge in [0.2, 0.25) is 5.95 Å². The van der Waals surface area contributed by atoms with Gasteiger partial charge in [0.15, 0.2) is 5.65 Å². The molecular weight excluding hydrogens is 284 g/mol. The summed E-state index contributed by atoms with van der Waals surface area (Å²) in [5.74, 6) is 0.499. The van der Waals surface area contributed by atoms with E-state index < -0.39 is 0 Å². The summed E-state index contributed by atoms with van der Waals surface area (Å²) in [7, 11) is 0. The molecule has 0 spiro atoms. The number of hydrogen-bond acceptors (Lipinski definition) is 4. The number of nitrogen functional groups attached to an aromatic ring is 1. The Balaban J connectivity index is 2.25. The van der Waals surface area contributed by atoms with E-state index in [-0.39, 0.29) is 5.54 Å². The highest BCUT2D eigenvalue weighted by Crippen LogP contribution is 2.33. The Morgan fingerprint density at radius 2 is 2.41 bits per heavy atom. The number of anilines is 1. The third-order valence-corrected chi connectivity index (χ3v) is 3.66. The number of aromatic nitrogens is 3. The van der Waals surface area contributed by atoms with Crippen LogP contribution in [-0.4, -0.2) is 27.7 Å². The molecule has 1 saturated heterocycles. The van der Waals surface area contributed by atoms with Crippen LogP contribution in [0.5, 0.6) is 0 Å². The van der Waals surface area contributed by atoms with Crippen molar-refractivity contribution in [1.29, 1.82) is 0 Å². The van der Waals surface area contributed by atoms with Crippen LogP contribution in [0.3, 0.4) is 0 Å². The van der Waals surface area contributed by atoms with Crippen molar-refractivity contribution in [3.05, 3.63) is 16.7 Å². The van der Waals surface area contributed by atoms with E-state index in [9.17, 15) is 0 Å². The van der Waals surface area contributed by atoms with Crippen molar-refractivity contribution in [2.45, 2.75) is 18.9 Å². The molecule has 0 bridgehead atoms. The second-order valence-corrected chi connectivity index (χ2v) is 5.52. The summed E-state index contributed by atoms with van der Waals surface area (Å²) in [6, 6.07) is 1.92. The Bertz CT molecular complexity index is 574. The van der Waals surface area contributed by atoms with Crippen LogP contribution >= 0.6 is 15.9 Å². The molecule has 2 N–H and O–H groups in total. The monoisotopic (exact) mass is 296 g/mol. The summed E-state index contributed by atoms with van der Waals surface area (Å²) in [4.78, 5) is 8.77. The van der Waals surface area contributed by atoms with Gasteiger partial charge < -0.3 is 10.5 Å². The van der Waals surface area contributed by atoms with E-state index in [0.29, 0.717) is 12.6 Å². The quantitative estimate of drug-likeness (QED) is 0.873. The molecule has 0 radical (unpaired) electrons. The summed E-state index contributed by atoms with van der Waals surface area (Å²) < 4.78 is 8.36. The predicted octanol–water partition coefficient (Wildman–Crippen LogP) is 1.91. The van der Waals surface area contributed by atoms with Crippen LogP contribution in [0.4, 0.5) is 5.95 Å². The molecule has 0 amide bonds. The first-order valence-corrected chi connectivity index (χ1v) is 6.27. The molecule has 1 fully saturated rings. The number of nitrogens with zero attached hydrogens (tertiary/aromatic N) is 3. The molecule has 6 heteroatoms. The average molecular weight is 297 g/mol. The molecule has 90 valence electrons. The lowest BCUT2D eigenvalue weighted by atomic mass is 10.0. The fourth-order valence-corrected chi connectivity index (χ4v) is 2.64. The number of nitrogens with two attached hydrogens (primary N) is 1. The van der Waals surface area contributed by atoms with Gasteiger partial charge in [-0.25, -0.2) is 9.97 Å². The minimum atomic E-state index is -0.139. The van der Waals surface area contributed by atoms with Gasteiger partial charge in [-0.05, 0) is 35.3 Å². The Morgan fingerprint density at radius 3 is 3.12 bits per heavy atom. The smallest absolute Gasteiger partial charge is 0.203 e. The van der Waals surface area contributed by atoms with Crippen molar-refractivity contribution in [3.63, 3.8) is 0 Å². The number of fused-ring (bicyclic) bond motifs is 1. The van der Waals surface area contributed by atoms with Crippen LogP contribution in [0, 0.1) is 0 Å². The van der Waals surface area contributed by atoms with Crippen molar-refractivity contribution in [3.8, 4) is 0 Å². The van der Waals surface area contributed by atoms with E-state index in [1.807, 2.05) is 10.6 Å². The molecular formula is C11H13BrN4O. The number of pyridine rings is 1. The number of imidazole rings is 1. The van der Waals surface area contributed by atoms with E-state index in [1.165, 1.54) is 0 Å². The molecule has 0 saturated carbocycles. The van der Waals surface area contributed by atoms with Crippen molar-refractivity contribution >= 4 is 33.0 Å². The summed E-state index contributed by atoms with van der Waals surface area (Å²) in [5, 5.41) is 0. The molecule has 5 nitrogen and oxygen atoms in total. The SMILES string of the molecule is CC1(n2c(N)nc3cc(Br)cnc32)CCOC1. The standard InChI is InChI=1S/C11H13BrN4O/c1-11(2-3-17-6-11)16-9-8(15-10(16)13)4-7(12)5-14-9/h4-5H,2-3,6H2,1H3,(H2,13,15). The van der Waals surface area contributed by atoms with Gasteiger partial charge in [0.25, 0.3) is 0 Å². The zero-order valence-electron chi connectivity index (χ0n) is 9.48. The molecule has 2 aromatic heterocycles. The molecule has 1 aliphatic rings. The van der Waals surface area contributed by atoms with E-state index in [4.69, 9.17) is 10.5 Å². The molecule has 2 aromatic rings. The zero-order chi connectivity index (χ0) is 12.0. The Hall–Kier alpha value is -1.14. The summed E-state index contributed by atoms with van der Waals surface area (Å²) in [5.41, 5.74) is 7.50. The first-order chi connectivity index (χ1) is 8.10. The van der Waals surface area contributed by atoms with Gasteiger partial charge in [-0.3, -0.25) is 4.57 Å². The van der Waals surface area contributed by atoms with E-state index in [1.54, 1.807) is 6.20 Å². The molecule has 0 aliphatic carbocycles. The zero-order valence-corrected chi connectivity index (χ0v) is 11.1. The van der Waals surface area contributed by atoms with Crippen LogP contribution in [0.1, 0.15) is 13.3 Å². The van der Waals surface area contributed by atoms with Crippen LogP contribution in [0.15, 0.2) is 16.7 Å². The Kier molecular flexibility index (Phi) is 2.38. The van der Waals surface area contributed by atoms with Gasteiger partial charge in [-0.15, -0.1) is 0 Å². The summed E-state index contributed by atoms with van der Waals surface area (Å²) in [6.45, 7) is 3.54. The first kappa shape index (κ1) is 11.0. The molecule has 0 aromatic carbocycles. The van der Waals surface area contributed by atoms with Crippen molar-refractivity contribution in [1.82, 2.24) is 14.5 Å². The maximum Gasteiger partial charge on any atom is 0.203 e. The van der Waals surface area contributed by atoms with Gasteiger partial charge in [0, 0.05) is 17.3 Å². The van der Waals surface area contributed by atoms with Gasteiger partial charge in [0.05, 0.1) is 12.1 Å². The lowest BCUT2D eigenvalue weighted by Crippen LogP contribution is -2.31. The van der Waals surface area contributed by atoms with Gasteiger partial charge in [-0.1, -0.05) is 0 Å². The third kappa shape index (κ3) is 1.63. The fourth-order valence-electron chi connectivity index (χ4n) is 2.32. The molecule has 3 heterocycles. The lowest BCUT2D eigenvalue weighted by molar-refractivity contribution is 0.164. The Labute approximate surface area is 107 Å². The Morgan fingerprint density at radius 1 is 1.59 bits per heavy atom. The van der Waals surface area contributed by atoms with Crippen LogP contribution in [0.2, 0.25) is 0 Å². The topological polar surface area (TPSA) is 66.0 Å². The third-order valence-electron chi connectivity index (χ3n) is 3.23. The molecule has 1 atom stereocenters. The number of rotatable bonds is 1. The lowest BCUT2D eigenvalue weighted by Gasteiger charge is -2.25. The number of hydrogen-bond donors (Lipinski definition) is 1. The molecule has 1 aliphatic heterocycles. The predicted molar refractivity (Wildman–Crippen MR) is 68.7 cm³/mol. The maximum atomic E-state index is 6.01. The van der Waals surface area contributed by atoms with E-state index >= 15 is 0 Å². The number of halogens is 1.